The number of hydrogen-bond donors (Lipinski definition) is 2. The molecule has 24 heavy (non-hydrogen) atoms. The highest BCUT2D eigenvalue weighted by molar-refractivity contribution is 5.74. The van der Waals surface area contributed by atoms with E-state index in [0.29, 0.717) is 12.6 Å². The van der Waals surface area contributed by atoms with Crippen molar-refractivity contribution in [3.63, 3.8) is 0 Å². The van der Waals surface area contributed by atoms with Crippen LogP contribution in [0.5, 0.6) is 0 Å². The molecule has 2 aliphatic rings. The maximum Gasteiger partial charge on any atom is 0.315 e. The van der Waals surface area contributed by atoms with Crippen molar-refractivity contribution in [2.75, 3.05) is 13.1 Å². The SMILES string of the molecule is O=C(NCc1cccc(F)c1)NC1CCCN(C2CCCCC2)C1. The van der Waals surface area contributed by atoms with Crippen molar-refractivity contribution in [3.05, 3.63) is 35.6 Å². The summed E-state index contributed by atoms with van der Waals surface area (Å²) in [7, 11) is 0. The molecule has 2 fully saturated rings. The summed E-state index contributed by atoms with van der Waals surface area (Å²) in [5, 5.41) is 5.92. The Morgan fingerprint density at radius 1 is 1.17 bits per heavy atom. The van der Waals surface area contributed by atoms with Gasteiger partial charge >= 0.3 is 6.03 Å². The van der Waals surface area contributed by atoms with E-state index in [1.54, 1.807) is 6.07 Å². The van der Waals surface area contributed by atoms with E-state index in [4.69, 9.17) is 0 Å². The summed E-state index contributed by atoms with van der Waals surface area (Å²) in [6.45, 7) is 2.47. The zero-order valence-corrected chi connectivity index (χ0v) is 14.3. The van der Waals surface area contributed by atoms with Gasteiger partial charge in [0.1, 0.15) is 5.82 Å². The van der Waals surface area contributed by atoms with Gasteiger partial charge in [-0.05, 0) is 49.9 Å². The molecule has 1 saturated carbocycles. The van der Waals surface area contributed by atoms with Crippen LogP contribution in [-0.4, -0.2) is 36.1 Å². The molecule has 1 unspecified atom stereocenters. The number of benzene rings is 1. The molecule has 1 aromatic carbocycles. The van der Waals surface area contributed by atoms with Crippen LogP contribution >= 0.6 is 0 Å². The third-order valence-electron chi connectivity index (χ3n) is 5.22. The molecule has 132 valence electrons. The van der Waals surface area contributed by atoms with Crippen molar-refractivity contribution in [1.82, 2.24) is 15.5 Å². The Balaban J connectivity index is 1.43. The Morgan fingerprint density at radius 3 is 2.79 bits per heavy atom. The first-order valence-electron chi connectivity index (χ1n) is 9.23. The maximum atomic E-state index is 13.2. The number of rotatable bonds is 4. The van der Waals surface area contributed by atoms with Crippen LogP contribution in [0.2, 0.25) is 0 Å². The number of halogens is 1. The summed E-state index contributed by atoms with van der Waals surface area (Å²) >= 11 is 0. The van der Waals surface area contributed by atoms with Crippen LogP contribution in [0, 0.1) is 5.82 Å². The number of piperidine rings is 1. The van der Waals surface area contributed by atoms with Crippen LogP contribution in [0.25, 0.3) is 0 Å². The van der Waals surface area contributed by atoms with E-state index in [2.05, 4.69) is 15.5 Å². The molecule has 1 heterocycles. The molecule has 0 spiro atoms. The standard InChI is InChI=1S/C19H28FN3O/c20-16-7-4-6-15(12-16)13-21-19(24)22-17-8-5-11-23(14-17)18-9-2-1-3-10-18/h4,6-7,12,17-18H,1-3,5,8-11,13-14H2,(H2,21,22,24). The molecule has 2 N–H and O–H groups in total. The van der Waals surface area contributed by atoms with Crippen molar-refractivity contribution in [2.24, 2.45) is 0 Å². The van der Waals surface area contributed by atoms with Gasteiger partial charge in [0, 0.05) is 25.2 Å². The van der Waals surface area contributed by atoms with Gasteiger partial charge in [-0.15, -0.1) is 0 Å². The first-order chi connectivity index (χ1) is 11.7. The molecule has 2 amide bonds. The molecule has 1 atom stereocenters. The Hall–Kier alpha value is -1.62. The molecule has 1 aliphatic heterocycles. The van der Waals surface area contributed by atoms with Crippen LogP contribution in [0.15, 0.2) is 24.3 Å². The minimum Gasteiger partial charge on any atom is -0.334 e. The van der Waals surface area contributed by atoms with Gasteiger partial charge in [0.2, 0.25) is 0 Å². The predicted octanol–water partition coefficient (Wildman–Crippen LogP) is 3.42. The molecular weight excluding hydrogens is 305 g/mol. The van der Waals surface area contributed by atoms with Crippen LogP contribution < -0.4 is 10.6 Å². The van der Waals surface area contributed by atoms with E-state index >= 15 is 0 Å². The summed E-state index contributed by atoms with van der Waals surface area (Å²) in [6.07, 6.45) is 8.84. The molecule has 0 radical (unpaired) electrons. The second-order valence-corrected chi connectivity index (χ2v) is 7.08. The highest BCUT2D eigenvalue weighted by Gasteiger charge is 2.27. The van der Waals surface area contributed by atoms with Crippen LogP contribution in [-0.2, 0) is 6.54 Å². The largest absolute Gasteiger partial charge is 0.334 e. The molecular formula is C19H28FN3O. The lowest BCUT2D eigenvalue weighted by Gasteiger charge is -2.40. The van der Waals surface area contributed by atoms with Gasteiger partial charge in [-0.2, -0.15) is 0 Å². The number of carbonyl (C=O) groups excluding carboxylic acids is 1. The minimum absolute atomic E-state index is 0.158. The number of hydrogen-bond acceptors (Lipinski definition) is 2. The number of urea groups is 1. The smallest absolute Gasteiger partial charge is 0.315 e. The first-order valence-corrected chi connectivity index (χ1v) is 9.23. The Kier molecular flexibility index (Phi) is 6.07. The summed E-state index contributed by atoms with van der Waals surface area (Å²) in [5.41, 5.74) is 0.776. The number of nitrogens with zero attached hydrogens (tertiary/aromatic N) is 1. The van der Waals surface area contributed by atoms with Gasteiger partial charge < -0.3 is 10.6 Å². The van der Waals surface area contributed by atoms with E-state index in [0.717, 1.165) is 31.5 Å². The van der Waals surface area contributed by atoms with Gasteiger partial charge in [0.05, 0.1) is 0 Å². The van der Waals surface area contributed by atoms with Gasteiger partial charge in [0.15, 0.2) is 0 Å². The Morgan fingerprint density at radius 2 is 2.00 bits per heavy atom. The zero-order valence-electron chi connectivity index (χ0n) is 14.3. The third-order valence-corrected chi connectivity index (χ3v) is 5.22. The van der Waals surface area contributed by atoms with Crippen LogP contribution in [0.4, 0.5) is 9.18 Å². The lowest BCUT2D eigenvalue weighted by molar-refractivity contribution is 0.112. The van der Waals surface area contributed by atoms with Gasteiger partial charge in [-0.25, -0.2) is 9.18 Å². The summed E-state index contributed by atoms with van der Waals surface area (Å²) in [6, 6.07) is 7.10. The van der Waals surface area contributed by atoms with Gasteiger partial charge in [-0.3, -0.25) is 4.90 Å². The fourth-order valence-corrected chi connectivity index (χ4v) is 3.97. The van der Waals surface area contributed by atoms with E-state index in [1.807, 2.05) is 6.07 Å². The molecule has 1 aliphatic carbocycles. The van der Waals surface area contributed by atoms with E-state index < -0.39 is 0 Å². The van der Waals surface area contributed by atoms with Crippen molar-refractivity contribution >= 4 is 6.03 Å². The Labute approximate surface area is 143 Å². The van der Waals surface area contributed by atoms with Crippen LogP contribution in [0.1, 0.15) is 50.5 Å². The van der Waals surface area contributed by atoms with E-state index in [-0.39, 0.29) is 17.9 Å². The molecule has 3 rings (SSSR count). The quantitative estimate of drug-likeness (QED) is 0.887. The molecule has 1 saturated heterocycles. The highest BCUT2D eigenvalue weighted by atomic mass is 19.1. The second-order valence-electron chi connectivity index (χ2n) is 7.08. The lowest BCUT2D eigenvalue weighted by atomic mass is 9.92. The molecule has 4 nitrogen and oxygen atoms in total. The average Bonchev–Trinajstić information content (AvgIpc) is 2.61. The van der Waals surface area contributed by atoms with E-state index in [9.17, 15) is 9.18 Å². The highest BCUT2D eigenvalue weighted by Crippen LogP contribution is 2.25. The number of amides is 2. The second kappa shape index (κ2) is 8.47. The molecule has 5 heteroatoms. The molecule has 0 aromatic heterocycles. The predicted molar refractivity (Wildman–Crippen MR) is 93.2 cm³/mol. The van der Waals surface area contributed by atoms with Crippen LogP contribution in [0.3, 0.4) is 0 Å². The van der Waals surface area contributed by atoms with E-state index in [1.165, 1.54) is 44.2 Å². The average molecular weight is 333 g/mol. The maximum absolute atomic E-state index is 13.2. The zero-order chi connectivity index (χ0) is 16.8. The third kappa shape index (κ3) is 4.94. The fraction of sp³-hybridized carbons (Fsp3) is 0.632. The van der Waals surface area contributed by atoms with Gasteiger partial charge in [-0.1, -0.05) is 31.4 Å². The fourth-order valence-electron chi connectivity index (χ4n) is 3.97. The summed E-state index contributed by atoms with van der Waals surface area (Å²) in [4.78, 5) is 14.7. The molecule has 1 aromatic rings. The summed E-state index contributed by atoms with van der Waals surface area (Å²) in [5.74, 6) is -0.273. The van der Waals surface area contributed by atoms with Crippen molar-refractivity contribution in [1.29, 1.82) is 0 Å². The van der Waals surface area contributed by atoms with Crippen molar-refractivity contribution in [3.8, 4) is 0 Å². The van der Waals surface area contributed by atoms with Crippen molar-refractivity contribution in [2.45, 2.75) is 63.6 Å². The molecule has 0 bridgehead atoms. The number of carbonyl (C=O) groups is 1. The normalized spacial score (nSPS) is 23.0. The summed E-state index contributed by atoms with van der Waals surface area (Å²) < 4.78 is 13.2. The monoisotopic (exact) mass is 333 g/mol. The lowest BCUT2D eigenvalue weighted by Crippen LogP contribution is -2.53. The first kappa shape index (κ1) is 17.2. The van der Waals surface area contributed by atoms with Gasteiger partial charge in [0.25, 0.3) is 0 Å². The minimum atomic E-state index is -0.273. The van der Waals surface area contributed by atoms with Crippen molar-refractivity contribution < 1.29 is 9.18 Å². The number of nitrogens with one attached hydrogen (secondary N) is 2. The number of likely N-dealkylation sites (tertiary alicyclic amines) is 1. The topological polar surface area (TPSA) is 44.4 Å². The Bertz CT molecular complexity index is 545.